The number of carbonyl (C=O) groups excluding carboxylic acids is 2. The van der Waals surface area contributed by atoms with Crippen LogP contribution in [0.2, 0.25) is 0 Å². The zero-order chi connectivity index (χ0) is 29.8. The van der Waals surface area contributed by atoms with Crippen LogP contribution in [0.5, 0.6) is 17.2 Å². The van der Waals surface area contributed by atoms with Crippen molar-refractivity contribution in [2.45, 2.75) is 51.6 Å². The number of dihydropyridines is 1. The Labute approximate surface area is 237 Å². The number of phenolic OH excluding ortho intramolecular Hbond substituents is 1. The predicted molar refractivity (Wildman–Crippen MR) is 149 cm³/mol. The standard InChI is InChI=1S/C30H34N2O9/c1-16(2)40-10-11-41-30(35)26-17(3)31-21-12-18(20-8-6-7-9-24(20)38-4)14-23(33)28(21)27(26)19-13-22(32(36)37)29(34)25(15-19)39-5/h6-9,13,15-16,18,27,31,34H,10-12,14H2,1-5H3/t18-,27-/m1/s1. The van der Waals surface area contributed by atoms with Crippen LogP contribution in [0.3, 0.4) is 0 Å². The van der Waals surface area contributed by atoms with Gasteiger partial charge >= 0.3 is 11.7 Å². The van der Waals surface area contributed by atoms with Gasteiger partial charge in [-0.15, -0.1) is 0 Å². The maximum atomic E-state index is 13.9. The molecule has 0 unspecified atom stereocenters. The molecule has 0 amide bonds. The van der Waals surface area contributed by atoms with E-state index in [4.69, 9.17) is 18.9 Å². The number of nitrogens with one attached hydrogen (secondary N) is 1. The molecule has 0 radical (unpaired) electrons. The Morgan fingerprint density at radius 3 is 2.49 bits per heavy atom. The maximum absolute atomic E-state index is 13.9. The van der Waals surface area contributed by atoms with E-state index in [2.05, 4.69) is 5.32 Å². The van der Waals surface area contributed by atoms with Crippen molar-refractivity contribution in [3.63, 3.8) is 0 Å². The first-order valence-corrected chi connectivity index (χ1v) is 13.3. The number of nitro benzene ring substituents is 1. The van der Waals surface area contributed by atoms with Crippen LogP contribution in [0.4, 0.5) is 5.69 Å². The average molecular weight is 567 g/mol. The van der Waals surface area contributed by atoms with Crippen molar-refractivity contribution in [2.24, 2.45) is 0 Å². The van der Waals surface area contributed by atoms with Crippen molar-refractivity contribution in [1.82, 2.24) is 5.32 Å². The first kappa shape index (κ1) is 29.6. The molecule has 2 aromatic rings. The highest BCUT2D eigenvalue weighted by atomic mass is 16.6. The second-order valence-electron chi connectivity index (χ2n) is 10.2. The Bertz CT molecular complexity index is 1430. The summed E-state index contributed by atoms with van der Waals surface area (Å²) in [5.41, 5.74) is 2.03. The summed E-state index contributed by atoms with van der Waals surface area (Å²) in [4.78, 5) is 38.5. The fourth-order valence-electron chi connectivity index (χ4n) is 5.44. The van der Waals surface area contributed by atoms with Gasteiger partial charge in [0, 0.05) is 41.3 Å². The summed E-state index contributed by atoms with van der Waals surface area (Å²) in [7, 11) is 2.84. The minimum Gasteiger partial charge on any atom is -0.500 e. The second-order valence-corrected chi connectivity index (χ2v) is 10.2. The topological polar surface area (TPSA) is 146 Å². The number of nitro groups is 1. The number of hydrogen-bond acceptors (Lipinski definition) is 10. The summed E-state index contributed by atoms with van der Waals surface area (Å²) < 4.78 is 21.8. The zero-order valence-corrected chi connectivity index (χ0v) is 23.7. The number of Topliss-reactive ketones (excluding diaryl/α,β-unsaturated/α-hetero) is 1. The number of phenols is 1. The molecular formula is C30H34N2O9. The van der Waals surface area contributed by atoms with Gasteiger partial charge in [0.15, 0.2) is 11.5 Å². The minimum absolute atomic E-state index is 0.0186. The summed E-state index contributed by atoms with van der Waals surface area (Å²) in [5.74, 6) is -2.23. The number of rotatable bonds is 10. The molecule has 1 aliphatic carbocycles. The lowest BCUT2D eigenvalue weighted by atomic mass is 9.71. The lowest BCUT2D eigenvalue weighted by Crippen LogP contribution is -2.36. The molecule has 1 aliphatic heterocycles. The third-order valence-electron chi connectivity index (χ3n) is 7.22. The highest BCUT2D eigenvalue weighted by Crippen LogP contribution is 2.49. The SMILES string of the molecule is COc1ccccc1[C@H]1CC(=O)C2=C(C1)NC(C)=C(C(=O)OCCOC(C)C)[C@H]2c1cc(OC)c(O)c([N+](=O)[O-])c1. The van der Waals surface area contributed by atoms with Crippen molar-refractivity contribution < 1.29 is 38.6 Å². The van der Waals surface area contributed by atoms with E-state index in [0.717, 1.165) is 5.56 Å². The summed E-state index contributed by atoms with van der Waals surface area (Å²) in [5, 5.41) is 25.5. The lowest BCUT2D eigenvalue weighted by Gasteiger charge is -2.37. The van der Waals surface area contributed by atoms with Crippen LogP contribution in [0.25, 0.3) is 0 Å². The number of nitrogens with zero attached hydrogens (tertiary/aromatic N) is 1. The van der Waals surface area contributed by atoms with Gasteiger partial charge in [-0.2, -0.15) is 0 Å². The van der Waals surface area contributed by atoms with Gasteiger partial charge < -0.3 is 29.4 Å². The maximum Gasteiger partial charge on any atom is 0.336 e. The van der Waals surface area contributed by atoms with E-state index >= 15 is 0 Å². The van der Waals surface area contributed by atoms with Gasteiger partial charge in [-0.1, -0.05) is 18.2 Å². The molecule has 2 N–H and O–H groups in total. The van der Waals surface area contributed by atoms with Crippen molar-refractivity contribution in [1.29, 1.82) is 0 Å². The summed E-state index contributed by atoms with van der Waals surface area (Å²) in [6.07, 6.45) is 0.530. The van der Waals surface area contributed by atoms with Crippen molar-refractivity contribution in [2.75, 3.05) is 27.4 Å². The van der Waals surface area contributed by atoms with Crippen molar-refractivity contribution >= 4 is 17.4 Å². The fraction of sp³-hybridized carbons (Fsp3) is 0.400. The summed E-state index contributed by atoms with van der Waals surface area (Å²) >= 11 is 0. The number of benzene rings is 2. The van der Waals surface area contributed by atoms with E-state index in [1.54, 1.807) is 14.0 Å². The molecule has 4 rings (SSSR count). The van der Waals surface area contributed by atoms with Crippen LogP contribution in [0, 0.1) is 10.1 Å². The van der Waals surface area contributed by atoms with Crippen LogP contribution >= 0.6 is 0 Å². The van der Waals surface area contributed by atoms with Crippen molar-refractivity contribution in [3.8, 4) is 17.2 Å². The number of hydrogen-bond donors (Lipinski definition) is 2. The Balaban J connectivity index is 1.82. The Morgan fingerprint density at radius 2 is 1.83 bits per heavy atom. The minimum atomic E-state index is -0.996. The molecule has 2 aromatic carbocycles. The molecule has 0 saturated carbocycles. The normalized spacial score (nSPS) is 18.6. The fourth-order valence-corrected chi connectivity index (χ4v) is 5.44. The van der Waals surface area contributed by atoms with Gasteiger partial charge in [0.25, 0.3) is 0 Å². The third kappa shape index (κ3) is 6.04. The van der Waals surface area contributed by atoms with Gasteiger partial charge in [0.1, 0.15) is 12.4 Å². The van der Waals surface area contributed by atoms with E-state index in [1.807, 2.05) is 38.1 Å². The van der Waals surface area contributed by atoms with E-state index in [1.165, 1.54) is 19.2 Å². The summed E-state index contributed by atoms with van der Waals surface area (Å²) in [6.45, 7) is 5.58. The van der Waals surface area contributed by atoms with E-state index in [0.29, 0.717) is 29.1 Å². The number of ketones is 1. The summed E-state index contributed by atoms with van der Waals surface area (Å²) in [6, 6.07) is 10.1. The van der Waals surface area contributed by atoms with E-state index in [9.17, 15) is 24.8 Å². The van der Waals surface area contributed by atoms with Crippen LogP contribution < -0.4 is 14.8 Å². The van der Waals surface area contributed by atoms with Gasteiger partial charge in [-0.25, -0.2) is 4.79 Å². The molecule has 11 heteroatoms. The quantitative estimate of drug-likeness (QED) is 0.180. The highest BCUT2D eigenvalue weighted by Gasteiger charge is 2.43. The molecule has 218 valence electrons. The molecule has 0 fully saturated rings. The van der Waals surface area contributed by atoms with Gasteiger partial charge in [0.2, 0.25) is 5.75 Å². The van der Waals surface area contributed by atoms with E-state index in [-0.39, 0.29) is 54.3 Å². The van der Waals surface area contributed by atoms with Crippen LogP contribution in [-0.4, -0.2) is 55.3 Å². The first-order chi connectivity index (χ1) is 19.6. The molecule has 0 spiro atoms. The molecule has 0 bridgehead atoms. The molecule has 2 aliphatic rings. The number of allylic oxidation sites excluding steroid dienone is 3. The van der Waals surface area contributed by atoms with Crippen LogP contribution in [0.1, 0.15) is 56.6 Å². The number of methoxy groups -OCH3 is 2. The molecule has 11 nitrogen and oxygen atoms in total. The Hall–Kier alpha value is -4.38. The monoisotopic (exact) mass is 566 g/mol. The lowest BCUT2D eigenvalue weighted by molar-refractivity contribution is -0.386. The van der Waals surface area contributed by atoms with E-state index < -0.39 is 28.2 Å². The van der Waals surface area contributed by atoms with Gasteiger partial charge in [0.05, 0.1) is 37.4 Å². The van der Waals surface area contributed by atoms with Gasteiger partial charge in [-0.3, -0.25) is 14.9 Å². The zero-order valence-electron chi connectivity index (χ0n) is 23.7. The number of para-hydroxylation sites is 1. The number of esters is 1. The Kier molecular flexibility index (Phi) is 8.97. The third-order valence-corrected chi connectivity index (χ3v) is 7.22. The molecule has 1 heterocycles. The molecule has 41 heavy (non-hydrogen) atoms. The molecule has 0 saturated heterocycles. The Morgan fingerprint density at radius 1 is 1.12 bits per heavy atom. The number of ether oxygens (including phenoxy) is 4. The molecule has 0 aromatic heterocycles. The largest absolute Gasteiger partial charge is 0.500 e. The number of carbonyl (C=O) groups is 2. The average Bonchev–Trinajstić information content (AvgIpc) is 2.94. The van der Waals surface area contributed by atoms with Crippen LogP contribution in [-0.2, 0) is 19.1 Å². The molecule has 2 atom stereocenters. The first-order valence-electron chi connectivity index (χ1n) is 13.3. The van der Waals surface area contributed by atoms with Gasteiger partial charge in [-0.05, 0) is 50.5 Å². The predicted octanol–water partition coefficient (Wildman–Crippen LogP) is 4.65. The smallest absolute Gasteiger partial charge is 0.336 e. The molecular weight excluding hydrogens is 532 g/mol. The number of aromatic hydroxyl groups is 1. The van der Waals surface area contributed by atoms with Crippen LogP contribution in [0.15, 0.2) is 58.9 Å². The second kappa shape index (κ2) is 12.4. The highest BCUT2D eigenvalue weighted by molar-refractivity contribution is 6.04. The van der Waals surface area contributed by atoms with Crippen molar-refractivity contribution in [3.05, 3.63) is 80.2 Å².